The lowest BCUT2D eigenvalue weighted by Crippen LogP contribution is -2.34. The highest BCUT2D eigenvalue weighted by Crippen LogP contribution is 2.07. The van der Waals surface area contributed by atoms with Crippen LogP contribution < -0.4 is 27.5 Å². The van der Waals surface area contributed by atoms with Crippen molar-refractivity contribution in [2.45, 2.75) is 51.4 Å². The molecule has 0 atom stereocenters. The molecule has 2 aromatic rings. The number of aromatic hydroxyl groups is 2. The Morgan fingerprint density at radius 1 is 0.789 bits per heavy atom. The van der Waals surface area contributed by atoms with E-state index in [-0.39, 0.29) is 36.2 Å². The monoisotopic (exact) mass is 532 g/mol. The van der Waals surface area contributed by atoms with Crippen molar-refractivity contribution in [3.8, 4) is 11.5 Å². The van der Waals surface area contributed by atoms with Crippen LogP contribution in [0.25, 0.3) is 0 Å². The van der Waals surface area contributed by atoms with Gasteiger partial charge >= 0.3 is 0 Å². The lowest BCUT2D eigenvalue weighted by Gasteiger charge is -2.22. The third-order valence-electron chi connectivity index (χ3n) is 6.00. The van der Waals surface area contributed by atoms with Gasteiger partial charge in [-0.25, -0.2) is 0 Å². The number of hydrogen-bond acceptors (Lipinski definition) is 8. The molecule has 0 aliphatic rings. The molecule has 0 spiro atoms. The standard InChI is InChI=1S/C26H40N6O6/c27-13-3-18-32(24(36)12-8-20-6-10-22(34)26(38)31-20)17-2-1-14-28-15-4-16-29-23(35)11-7-19-5-9-21(33)25(37)30-19/h5-6,9-10,28,33-34H,1-4,7-8,11-18,27H2,(H,29,35)(H,30,37)(H,31,38). The van der Waals surface area contributed by atoms with Crippen molar-refractivity contribution in [2.24, 2.45) is 5.73 Å². The number of rotatable bonds is 18. The van der Waals surface area contributed by atoms with Crippen molar-refractivity contribution in [2.75, 3.05) is 39.3 Å². The molecule has 0 fully saturated rings. The number of unbranched alkanes of at least 4 members (excludes halogenated alkanes) is 1. The van der Waals surface area contributed by atoms with Gasteiger partial charge in [0.05, 0.1) is 0 Å². The fraction of sp³-hybridized carbons (Fsp3) is 0.538. The molecule has 210 valence electrons. The van der Waals surface area contributed by atoms with Crippen LogP contribution in [0, 0.1) is 0 Å². The van der Waals surface area contributed by atoms with Gasteiger partial charge in [0.15, 0.2) is 11.5 Å². The second-order valence-corrected chi connectivity index (χ2v) is 9.08. The number of hydrogen-bond donors (Lipinski definition) is 7. The van der Waals surface area contributed by atoms with E-state index in [1.165, 1.54) is 12.1 Å². The largest absolute Gasteiger partial charge is 0.503 e. The van der Waals surface area contributed by atoms with E-state index in [0.717, 1.165) is 38.8 Å². The molecule has 0 saturated carbocycles. The molecule has 12 heteroatoms. The highest BCUT2D eigenvalue weighted by Gasteiger charge is 2.13. The van der Waals surface area contributed by atoms with Crippen molar-refractivity contribution >= 4 is 11.8 Å². The molecule has 0 bridgehead atoms. The van der Waals surface area contributed by atoms with Crippen molar-refractivity contribution in [1.29, 1.82) is 0 Å². The fourth-order valence-corrected chi connectivity index (χ4v) is 3.80. The molecule has 8 N–H and O–H groups in total. The summed E-state index contributed by atoms with van der Waals surface area (Å²) in [4.78, 5) is 54.4. The number of H-pyrrole nitrogens is 2. The minimum Gasteiger partial charge on any atom is -0.503 e. The Balaban J connectivity index is 1.55. The Kier molecular flexibility index (Phi) is 13.7. The zero-order valence-electron chi connectivity index (χ0n) is 21.8. The summed E-state index contributed by atoms with van der Waals surface area (Å²) in [7, 11) is 0. The van der Waals surface area contributed by atoms with E-state index in [4.69, 9.17) is 5.73 Å². The highest BCUT2D eigenvalue weighted by atomic mass is 16.3. The minimum atomic E-state index is -0.562. The Hall–Kier alpha value is -3.64. The Bertz CT molecular complexity index is 1130. The maximum absolute atomic E-state index is 12.7. The minimum absolute atomic E-state index is 0.00726. The van der Waals surface area contributed by atoms with Gasteiger partial charge in [0.2, 0.25) is 11.8 Å². The average molecular weight is 533 g/mol. The van der Waals surface area contributed by atoms with Gasteiger partial charge < -0.3 is 41.4 Å². The normalized spacial score (nSPS) is 10.9. The molecule has 0 aliphatic heterocycles. The summed E-state index contributed by atoms with van der Waals surface area (Å²) < 4.78 is 0. The first-order valence-electron chi connectivity index (χ1n) is 13.1. The lowest BCUT2D eigenvalue weighted by atomic mass is 10.2. The predicted molar refractivity (Wildman–Crippen MR) is 144 cm³/mol. The summed E-state index contributed by atoms with van der Waals surface area (Å²) in [6, 6.07) is 5.83. The quantitative estimate of drug-likeness (QED) is 0.131. The molecule has 2 aromatic heterocycles. The Morgan fingerprint density at radius 3 is 1.97 bits per heavy atom. The second-order valence-electron chi connectivity index (χ2n) is 9.08. The Morgan fingerprint density at radius 2 is 1.37 bits per heavy atom. The number of aromatic amines is 2. The van der Waals surface area contributed by atoms with Crippen molar-refractivity contribution in [3.63, 3.8) is 0 Å². The summed E-state index contributed by atoms with van der Waals surface area (Å²) >= 11 is 0. The average Bonchev–Trinajstić information content (AvgIpc) is 2.90. The summed E-state index contributed by atoms with van der Waals surface area (Å²) in [6.45, 7) is 3.84. The molecule has 0 aliphatic carbocycles. The van der Waals surface area contributed by atoms with E-state index in [9.17, 15) is 29.4 Å². The van der Waals surface area contributed by atoms with Crippen LogP contribution in [-0.4, -0.2) is 76.2 Å². The molecule has 0 radical (unpaired) electrons. The van der Waals surface area contributed by atoms with Gasteiger partial charge in [0.1, 0.15) is 0 Å². The van der Waals surface area contributed by atoms with Crippen LogP contribution in [0.3, 0.4) is 0 Å². The topological polar surface area (TPSA) is 194 Å². The van der Waals surface area contributed by atoms with E-state index in [1.807, 2.05) is 4.90 Å². The maximum atomic E-state index is 12.7. The van der Waals surface area contributed by atoms with Crippen LogP contribution in [0.2, 0.25) is 0 Å². The number of pyridine rings is 2. The van der Waals surface area contributed by atoms with Gasteiger partial charge in [-0.3, -0.25) is 19.2 Å². The second kappa shape index (κ2) is 17.0. The van der Waals surface area contributed by atoms with Gasteiger partial charge in [0, 0.05) is 43.9 Å². The first-order chi connectivity index (χ1) is 18.3. The summed E-state index contributed by atoms with van der Waals surface area (Å²) in [5.74, 6) is -0.778. The number of amides is 2. The van der Waals surface area contributed by atoms with Crippen LogP contribution in [0.4, 0.5) is 0 Å². The van der Waals surface area contributed by atoms with Gasteiger partial charge in [-0.15, -0.1) is 0 Å². The molecule has 2 heterocycles. The van der Waals surface area contributed by atoms with E-state index in [0.29, 0.717) is 50.4 Å². The number of aryl methyl sites for hydroxylation is 2. The van der Waals surface area contributed by atoms with Crippen LogP contribution in [-0.2, 0) is 22.4 Å². The molecule has 0 unspecified atom stereocenters. The summed E-state index contributed by atoms with van der Waals surface area (Å²) in [6.07, 6.45) is 4.54. The van der Waals surface area contributed by atoms with Gasteiger partial charge in [0.25, 0.3) is 11.1 Å². The van der Waals surface area contributed by atoms with Gasteiger partial charge in [-0.05, 0) is 82.4 Å². The predicted octanol–water partition coefficient (Wildman–Crippen LogP) is 0.0933. The van der Waals surface area contributed by atoms with Gasteiger partial charge in [-0.1, -0.05) is 0 Å². The van der Waals surface area contributed by atoms with Crippen molar-refractivity contribution in [3.05, 3.63) is 56.4 Å². The molecule has 0 aromatic carbocycles. The smallest absolute Gasteiger partial charge is 0.290 e. The van der Waals surface area contributed by atoms with E-state index < -0.39 is 11.1 Å². The number of carbonyl (C=O) groups excluding carboxylic acids is 2. The number of nitrogens with zero attached hydrogens (tertiary/aromatic N) is 1. The van der Waals surface area contributed by atoms with Gasteiger partial charge in [-0.2, -0.15) is 0 Å². The number of nitrogens with one attached hydrogen (secondary N) is 4. The van der Waals surface area contributed by atoms with Crippen LogP contribution in [0.15, 0.2) is 33.9 Å². The third kappa shape index (κ3) is 11.6. The molecule has 2 amide bonds. The lowest BCUT2D eigenvalue weighted by molar-refractivity contribution is -0.131. The molecule has 12 nitrogen and oxygen atoms in total. The SMILES string of the molecule is NCCCN(CCCCNCCCNC(=O)CCc1ccc(O)c(=O)[nH]1)C(=O)CCc1ccc(O)c(=O)[nH]1. The number of aromatic nitrogens is 2. The summed E-state index contributed by atoms with van der Waals surface area (Å²) in [5.41, 5.74) is 5.70. The van der Waals surface area contributed by atoms with Crippen LogP contribution >= 0.6 is 0 Å². The highest BCUT2D eigenvalue weighted by molar-refractivity contribution is 5.76. The van der Waals surface area contributed by atoms with Crippen molar-refractivity contribution in [1.82, 2.24) is 25.5 Å². The zero-order chi connectivity index (χ0) is 27.8. The zero-order valence-corrected chi connectivity index (χ0v) is 21.8. The van der Waals surface area contributed by atoms with Crippen LogP contribution in [0.5, 0.6) is 11.5 Å². The third-order valence-corrected chi connectivity index (χ3v) is 6.00. The van der Waals surface area contributed by atoms with E-state index >= 15 is 0 Å². The number of carbonyl (C=O) groups is 2. The molecule has 38 heavy (non-hydrogen) atoms. The summed E-state index contributed by atoms with van der Waals surface area (Å²) in [5, 5.41) is 24.8. The molecule has 2 rings (SSSR count). The molecule has 0 saturated heterocycles. The fourth-order valence-electron chi connectivity index (χ4n) is 3.80. The maximum Gasteiger partial charge on any atom is 0.290 e. The number of nitrogens with two attached hydrogens (primary N) is 1. The van der Waals surface area contributed by atoms with Crippen molar-refractivity contribution < 1.29 is 19.8 Å². The van der Waals surface area contributed by atoms with E-state index in [2.05, 4.69) is 20.6 Å². The van der Waals surface area contributed by atoms with E-state index in [1.54, 1.807) is 12.1 Å². The Labute approximate surface area is 221 Å². The van der Waals surface area contributed by atoms with Crippen LogP contribution in [0.1, 0.15) is 49.9 Å². The first kappa shape index (κ1) is 30.6. The molecular formula is C26H40N6O6. The molecular weight excluding hydrogens is 492 g/mol. The first-order valence-corrected chi connectivity index (χ1v) is 13.1.